The van der Waals surface area contributed by atoms with Gasteiger partial charge in [-0.2, -0.15) is 0 Å². The Hall–Kier alpha value is -2.10. The highest BCUT2D eigenvalue weighted by Gasteiger charge is 2.17. The van der Waals surface area contributed by atoms with Crippen LogP contribution in [-0.4, -0.2) is 5.91 Å². The molecule has 1 heterocycles. The fraction of sp³-hybridized carbons (Fsp3) is 0.214. The zero-order valence-electron chi connectivity index (χ0n) is 10.2. The first-order valence-corrected chi connectivity index (χ1v) is 5.69. The summed E-state index contributed by atoms with van der Waals surface area (Å²) in [6, 6.07) is 7.95. The van der Waals surface area contributed by atoms with E-state index in [9.17, 15) is 9.18 Å². The molecule has 1 amide bonds. The third kappa shape index (κ3) is 2.42. The van der Waals surface area contributed by atoms with Crippen LogP contribution in [0.15, 0.2) is 41.0 Å². The molecule has 18 heavy (non-hydrogen) atoms. The Morgan fingerprint density at radius 1 is 1.33 bits per heavy atom. The van der Waals surface area contributed by atoms with Gasteiger partial charge in [-0.15, -0.1) is 0 Å². The summed E-state index contributed by atoms with van der Waals surface area (Å²) in [5.41, 5.74) is 0.502. The average Bonchev–Trinajstić information content (AvgIpc) is 2.86. The van der Waals surface area contributed by atoms with Crippen LogP contribution in [0.25, 0.3) is 0 Å². The van der Waals surface area contributed by atoms with Gasteiger partial charge in [0.05, 0.1) is 17.9 Å². The normalized spacial score (nSPS) is 12.2. The Morgan fingerprint density at radius 3 is 2.78 bits per heavy atom. The number of carbonyl (C=O) groups excluding carboxylic acids is 1. The largest absolute Gasteiger partial charge is 0.467 e. The number of rotatable bonds is 3. The molecule has 94 valence electrons. The number of halogens is 1. The topological polar surface area (TPSA) is 42.2 Å². The molecule has 0 aliphatic heterocycles. The number of furan rings is 1. The van der Waals surface area contributed by atoms with Gasteiger partial charge in [0.1, 0.15) is 11.6 Å². The van der Waals surface area contributed by atoms with E-state index < -0.39 is 11.7 Å². The lowest BCUT2D eigenvalue weighted by Crippen LogP contribution is -2.27. The minimum atomic E-state index is -0.485. The van der Waals surface area contributed by atoms with Crippen molar-refractivity contribution >= 4 is 5.91 Å². The van der Waals surface area contributed by atoms with E-state index in [-0.39, 0.29) is 11.6 Å². The Bertz CT molecular complexity index is 549. The zero-order valence-corrected chi connectivity index (χ0v) is 10.2. The van der Waals surface area contributed by atoms with Gasteiger partial charge >= 0.3 is 0 Å². The van der Waals surface area contributed by atoms with Crippen molar-refractivity contribution in [1.82, 2.24) is 5.32 Å². The van der Waals surface area contributed by atoms with Crippen LogP contribution in [0.5, 0.6) is 0 Å². The molecule has 3 nitrogen and oxygen atoms in total. The Labute approximate surface area is 105 Å². The van der Waals surface area contributed by atoms with E-state index >= 15 is 0 Å². The highest BCUT2D eigenvalue weighted by molar-refractivity contribution is 5.94. The van der Waals surface area contributed by atoms with Crippen molar-refractivity contribution in [2.24, 2.45) is 0 Å². The molecule has 2 rings (SSSR count). The van der Waals surface area contributed by atoms with Gasteiger partial charge in [-0.05, 0) is 37.6 Å². The van der Waals surface area contributed by atoms with Gasteiger partial charge in [0.2, 0.25) is 0 Å². The van der Waals surface area contributed by atoms with Crippen molar-refractivity contribution in [3.63, 3.8) is 0 Å². The van der Waals surface area contributed by atoms with Gasteiger partial charge in [0, 0.05) is 0 Å². The van der Waals surface area contributed by atoms with Crippen molar-refractivity contribution in [3.8, 4) is 0 Å². The molecule has 1 aromatic heterocycles. The second kappa shape index (κ2) is 5.04. The molecule has 0 aliphatic rings. The van der Waals surface area contributed by atoms with Crippen LogP contribution in [0.4, 0.5) is 4.39 Å². The predicted octanol–water partition coefficient (Wildman–Crippen LogP) is 3.22. The van der Waals surface area contributed by atoms with Gasteiger partial charge < -0.3 is 9.73 Å². The van der Waals surface area contributed by atoms with E-state index in [1.807, 2.05) is 0 Å². The summed E-state index contributed by atoms with van der Waals surface area (Å²) in [5.74, 6) is -0.293. The number of carbonyl (C=O) groups is 1. The monoisotopic (exact) mass is 247 g/mol. The molecule has 1 atom stereocenters. The van der Waals surface area contributed by atoms with Crippen molar-refractivity contribution < 1.29 is 13.6 Å². The lowest BCUT2D eigenvalue weighted by molar-refractivity contribution is 0.0931. The first kappa shape index (κ1) is 12.4. The van der Waals surface area contributed by atoms with Crippen LogP contribution in [-0.2, 0) is 0 Å². The first-order chi connectivity index (χ1) is 8.59. The van der Waals surface area contributed by atoms with Gasteiger partial charge in [-0.1, -0.05) is 12.1 Å². The molecule has 0 bridgehead atoms. The third-order valence-corrected chi connectivity index (χ3v) is 2.75. The number of hydrogen-bond donors (Lipinski definition) is 1. The fourth-order valence-electron chi connectivity index (χ4n) is 1.71. The molecule has 0 saturated heterocycles. The third-order valence-electron chi connectivity index (χ3n) is 2.75. The maximum atomic E-state index is 13.8. The van der Waals surface area contributed by atoms with Crippen LogP contribution >= 0.6 is 0 Å². The van der Waals surface area contributed by atoms with Gasteiger partial charge in [-0.3, -0.25) is 4.79 Å². The Kier molecular flexibility index (Phi) is 3.46. The maximum Gasteiger partial charge on any atom is 0.254 e. The highest BCUT2D eigenvalue weighted by Crippen LogP contribution is 2.16. The lowest BCUT2D eigenvalue weighted by Gasteiger charge is -2.12. The van der Waals surface area contributed by atoms with Gasteiger partial charge in [-0.25, -0.2) is 4.39 Å². The Balaban J connectivity index is 2.15. The van der Waals surface area contributed by atoms with E-state index in [2.05, 4.69) is 5.32 Å². The molecule has 0 aliphatic carbocycles. The van der Waals surface area contributed by atoms with E-state index in [0.717, 1.165) is 0 Å². The molecule has 1 N–H and O–H groups in total. The maximum absolute atomic E-state index is 13.8. The van der Waals surface area contributed by atoms with Crippen LogP contribution in [0, 0.1) is 12.7 Å². The quantitative estimate of drug-likeness (QED) is 0.904. The van der Waals surface area contributed by atoms with E-state index in [4.69, 9.17) is 4.42 Å². The summed E-state index contributed by atoms with van der Waals surface area (Å²) < 4.78 is 18.9. The second-order valence-electron chi connectivity index (χ2n) is 4.15. The smallest absolute Gasteiger partial charge is 0.254 e. The molecule has 1 aromatic carbocycles. The zero-order chi connectivity index (χ0) is 13.1. The fourth-order valence-corrected chi connectivity index (χ4v) is 1.71. The number of amides is 1. The van der Waals surface area contributed by atoms with Crippen LogP contribution in [0.3, 0.4) is 0 Å². The second-order valence-corrected chi connectivity index (χ2v) is 4.15. The molecule has 4 heteroatoms. The molecule has 1 unspecified atom stereocenters. The predicted molar refractivity (Wildman–Crippen MR) is 65.7 cm³/mol. The summed E-state index contributed by atoms with van der Waals surface area (Å²) >= 11 is 0. The van der Waals surface area contributed by atoms with Gasteiger partial charge in [0.25, 0.3) is 5.91 Å². The SMILES string of the molecule is Cc1cccc(C(=O)NC(C)c2ccco2)c1F. The summed E-state index contributed by atoms with van der Waals surface area (Å²) in [6.07, 6.45) is 1.53. The van der Waals surface area contributed by atoms with Crippen LogP contribution in [0.1, 0.15) is 34.6 Å². The number of hydrogen-bond acceptors (Lipinski definition) is 2. The first-order valence-electron chi connectivity index (χ1n) is 5.69. The summed E-state index contributed by atoms with van der Waals surface area (Å²) in [6.45, 7) is 3.41. The number of nitrogens with one attached hydrogen (secondary N) is 1. The van der Waals surface area contributed by atoms with Crippen molar-refractivity contribution in [1.29, 1.82) is 0 Å². The summed E-state index contributed by atoms with van der Waals surface area (Å²) in [7, 11) is 0. The van der Waals surface area contributed by atoms with Crippen LogP contribution < -0.4 is 5.32 Å². The van der Waals surface area contributed by atoms with Crippen molar-refractivity contribution in [2.75, 3.05) is 0 Å². The minimum Gasteiger partial charge on any atom is -0.467 e. The summed E-state index contributed by atoms with van der Waals surface area (Å²) in [4.78, 5) is 11.9. The summed E-state index contributed by atoms with van der Waals surface area (Å²) in [5, 5.41) is 2.69. The Morgan fingerprint density at radius 2 is 2.11 bits per heavy atom. The molecular formula is C14H14FNO2. The minimum absolute atomic E-state index is 0.0495. The average molecular weight is 247 g/mol. The van der Waals surface area contributed by atoms with E-state index in [1.165, 1.54) is 12.3 Å². The van der Waals surface area contributed by atoms with Crippen molar-refractivity contribution in [2.45, 2.75) is 19.9 Å². The number of aryl methyl sites for hydroxylation is 1. The van der Waals surface area contributed by atoms with E-state index in [1.54, 1.807) is 38.1 Å². The molecule has 0 radical (unpaired) electrons. The molecule has 0 fully saturated rings. The van der Waals surface area contributed by atoms with Gasteiger partial charge in [0.15, 0.2) is 0 Å². The number of benzene rings is 1. The highest BCUT2D eigenvalue weighted by atomic mass is 19.1. The van der Waals surface area contributed by atoms with Crippen molar-refractivity contribution in [3.05, 3.63) is 59.3 Å². The molecule has 0 spiro atoms. The molecule has 2 aromatic rings. The van der Waals surface area contributed by atoms with Crippen LogP contribution in [0.2, 0.25) is 0 Å². The van der Waals surface area contributed by atoms with E-state index in [0.29, 0.717) is 11.3 Å². The molecular weight excluding hydrogens is 233 g/mol. The molecule has 0 saturated carbocycles. The standard InChI is InChI=1S/C14H14FNO2/c1-9-5-3-6-11(13(9)15)14(17)16-10(2)12-7-4-8-18-12/h3-8,10H,1-2H3,(H,16,17). The lowest BCUT2D eigenvalue weighted by atomic mass is 10.1.